The van der Waals surface area contributed by atoms with E-state index in [4.69, 9.17) is 4.74 Å². The van der Waals surface area contributed by atoms with Gasteiger partial charge in [0, 0.05) is 10.9 Å². The van der Waals surface area contributed by atoms with Gasteiger partial charge in [-0.3, -0.25) is 4.79 Å². The number of hydrogen-bond acceptors (Lipinski definition) is 4. The summed E-state index contributed by atoms with van der Waals surface area (Å²) in [5.41, 5.74) is 1.53. The third kappa shape index (κ3) is 4.11. The van der Waals surface area contributed by atoms with E-state index in [1.807, 2.05) is 30.3 Å². The Kier molecular flexibility index (Phi) is 5.23. The monoisotopic (exact) mass is 404 g/mol. The highest BCUT2D eigenvalue weighted by Crippen LogP contribution is 2.17. The van der Waals surface area contributed by atoms with Gasteiger partial charge in [-0.25, -0.2) is 14.2 Å². The van der Waals surface area contributed by atoms with Gasteiger partial charge in [-0.1, -0.05) is 46.3 Å². The first-order valence-electron chi connectivity index (χ1n) is 7.60. The zero-order valence-corrected chi connectivity index (χ0v) is 14.7. The zero-order chi connectivity index (χ0) is 17.8. The maximum atomic E-state index is 13.6. The molecular formula is C18H14BrFN2O3. The van der Waals surface area contributed by atoms with Crippen molar-refractivity contribution < 1.29 is 18.7 Å². The van der Waals surface area contributed by atoms with E-state index in [2.05, 4.69) is 21.0 Å². The fourth-order valence-corrected chi connectivity index (χ4v) is 2.77. The normalized spacial score (nSPS) is 13.5. The van der Waals surface area contributed by atoms with Gasteiger partial charge in [0.15, 0.2) is 6.61 Å². The quantitative estimate of drug-likeness (QED) is 0.733. The molecule has 5 nitrogen and oxygen atoms in total. The van der Waals surface area contributed by atoms with Gasteiger partial charge in [0.1, 0.15) is 5.82 Å². The molecule has 1 heterocycles. The van der Waals surface area contributed by atoms with Crippen molar-refractivity contribution in [3.05, 3.63) is 69.9 Å². The highest BCUT2D eigenvalue weighted by Gasteiger charge is 2.23. The third-order valence-electron chi connectivity index (χ3n) is 3.67. The first-order valence-corrected chi connectivity index (χ1v) is 8.39. The van der Waals surface area contributed by atoms with E-state index >= 15 is 0 Å². The number of benzene rings is 2. The molecule has 2 aromatic rings. The van der Waals surface area contributed by atoms with Gasteiger partial charge in [0.05, 0.1) is 17.8 Å². The van der Waals surface area contributed by atoms with Crippen LogP contribution in [0.4, 0.5) is 4.39 Å². The van der Waals surface area contributed by atoms with E-state index in [0.717, 1.165) is 17.3 Å². The largest absolute Gasteiger partial charge is 0.452 e. The molecule has 2 aromatic carbocycles. The minimum Gasteiger partial charge on any atom is -0.452 e. The summed E-state index contributed by atoms with van der Waals surface area (Å²) in [4.78, 5) is 24.1. The molecule has 3 rings (SSSR count). The summed E-state index contributed by atoms with van der Waals surface area (Å²) in [5.74, 6) is -2.04. The van der Waals surface area contributed by atoms with Gasteiger partial charge in [0.2, 0.25) is 0 Å². The summed E-state index contributed by atoms with van der Waals surface area (Å²) in [6, 6.07) is 13.5. The molecule has 0 aromatic heterocycles. The van der Waals surface area contributed by atoms with Crippen molar-refractivity contribution in [2.45, 2.75) is 6.42 Å². The van der Waals surface area contributed by atoms with Crippen molar-refractivity contribution in [2.24, 2.45) is 5.10 Å². The Morgan fingerprint density at radius 1 is 1.20 bits per heavy atom. The lowest BCUT2D eigenvalue weighted by molar-refractivity contribution is -0.134. The molecule has 0 spiro atoms. The molecule has 1 aliphatic rings. The van der Waals surface area contributed by atoms with Crippen LogP contribution in [-0.4, -0.2) is 35.7 Å². The summed E-state index contributed by atoms with van der Waals surface area (Å²) < 4.78 is 19.1. The minimum atomic E-state index is -0.890. The van der Waals surface area contributed by atoms with Crippen LogP contribution in [-0.2, 0) is 9.53 Å². The first kappa shape index (κ1) is 17.3. The van der Waals surface area contributed by atoms with Crippen molar-refractivity contribution in [3.63, 3.8) is 0 Å². The lowest BCUT2D eigenvalue weighted by atomic mass is 10.1. The molecule has 0 N–H and O–H groups in total. The molecule has 7 heteroatoms. The van der Waals surface area contributed by atoms with Crippen LogP contribution in [0.15, 0.2) is 58.1 Å². The van der Waals surface area contributed by atoms with Crippen molar-refractivity contribution in [2.75, 3.05) is 13.2 Å². The van der Waals surface area contributed by atoms with Crippen LogP contribution >= 0.6 is 15.9 Å². The zero-order valence-electron chi connectivity index (χ0n) is 13.1. The number of nitrogens with zero attached hydrogens (tertiary/aromatic N) is 2. The average molecular weight is 405 g/mol. The molecule has 0 saturated heterocycles. The molecular weight excluding hydrogens is 391 g/mol. The molecule has 0 saturated carbocycles. The van der Waals surface area contributed by atoms with Crippen LogP contribution in [0.5, 0.6) is 0 Å². The van der Waals surface area contributed by atoms with Crippen LogP contribution in [0.1, 0.15) is 22.3 Å². The smallest absolute Gasteiger partial charge is 0.341 e. The van der Waals surface area contributed by atoms with Crippen molar-refractivity contribution in [1.29, 1.82) is 0 Å². The molecule has 0 fully saturated rings. The molecule has 0 unspecified atom stereocenters. The van der Waals surface area contributed by atoms with Gasteiger partial charge < -0.3 is 4.74 Å². The second kappa shape index (κ2) is 7.57. The van der Waals surface area contributed by atoms with Crippen LogP contribution in [0, 0.1) is 5.82 Å². The SMILES string of the molecule is O=C(OCC(=O)N1CCC(c2ccccc2)=N1)c1cc(Br)ccc1F. The second-order valence-corrected chi connectivity index (χ2v) is 6.30. The van der Waals surface area contributed by atoms with Crippen LogP contribution < -0.4 is 0 Å². The molecule has 1 aliphatic heterocycles. The number of rotatable bonds is 4. The Labute approximate surface area is 152 Å². The number of halogens is 2. The summed E-state index contributed by atoms with van der Waals surface area (Å²) in [6.07, 6.45) is 0.629. The molecule has 128 valence electrons. The maximum absolute atomic E-state index is 13.6. The Morgan fingerprint density at radius 3 is 2.72 bits per heavy atom. The predicted octanol–water partition coefficient (Wildman–Crippen LogP) is 3.38. The number of carbonyl (C=O) groups excluding carboxylic acids is 2. The summed E-state index contributed by atoms with van der Waals surface area (Å²) in [6.45, 7) is -0.0672. The van der Waals surface area contributed by atoms with E-state index in [9.17, 15) is 14.0 Å². The number of esters is 1. The van der Waals surface area contributed by atoms with E-state index in [0.29, 0.717) is 17.4 Å². The van der Waals surface area contributed by atoms with E-state index in [1.165, 1.54) is 17.1 Å². The van der Waals surface area contributed by atoms with E-state index in [1.54, 1.807) is 0 Å². The molecule has 25 heavy (non-hydrogen) atoms. The maximum Gasteiger partial charge on any atom is 0.341 e. The van der Waals surface area contributed by atoms with Gasteiger partial charge in [0.25, 0.3) is 5.91 Å². The third-order valence-corrected chi connectivity index (χ3v) is 4.17. The van der Waals surface area contributed by atoms with Gasteiger partial charge in [-0.2, -0.15) is 5.10 Å². The van der Waals surface area contributed by atoms with E-state index < -0.39 is 24.3 Å². The second-order valence-electron chi connectivity index (χ2n) is 5.38. The number of hydrazone groups is 1. The van der Waals surface area contributed by atoms with E-state index in [-0.39, 0.29) is 5.56 Å². The van der Waals surface area contributed by atoms with Crippen molar-refractivity contribution in [3.8, 4) is 0 Å². The molecule has 0 aliphatic carbocycles. The molecule has 0 atom stereocenters. The molecule has 1 amide bonds. The minimum absolute atomic E-state index is 0.225. The molecule has 0 radical (unpaired) electrons. The topological polar surface area (TPSA) is 59.0 Å². The lowest BCUT2D eigenvalue weighted by Crippen LogP contribution is -2.29. The van der Waals surface area contributed by atoms with Gasteiger partial charge in [-0.05, 0) is 23.8 Å². The van der Waals surface area contributed by atoms with Gasteiger partial charge in [-0.15, -0.1) is 0 Å². The van der Waals surface area contributed by atoms with Gasteiger partial charge >= 0.3 is 5.97 Å². The Hall–Kier alpha value is -2.54. The highest BCUT2D eigenvalue weighted by molar-refractivity contribution is 9.10. The average Bonchev–Trinajstić information content (AvgIpc) is 3.12. The lowest BCUT2D eigenvalue weighted by Gasteiger charge is -2.11. The highest BCUT2D eigenvalue weighted by atomic mass is 79.9. The van der Waals surface area contributed by atoms with Crippen LogP contribution in [0.25, 0.3) is 0 Å². The number of amides is 1. The van der Waals surface area contributed by atoms with Crippen molar-refractivity contribution >= 4 is 33.5 Å². The number of hydrogen-bond donors (Lipinski definition) is 0. The van der Waals surface area contributed by atoms with Crippen LogP contribution in [0.3, 0.4) is 0 Å². The molecule has 0 bridgehead atoms. The standard InChI is InChI=1S/C18H14BrFN2O3/c19-13-6-7-15(20)14(10-13)18(24)25-11-17(23)22-9-8-16(21-22)12-4-2-1-3-5-12/h1-7,10H,8-9,11H2. The fourth-order valence-electron chi connectivity index (χ4n) is 2.40. The number of ether oxygens (including phenoxy) is 1. The summed E-state index contributed by atoms with van der Waals surface area (Å²) in [5, 5.41) is 5.54. The first-order chi connectivity index (χ1) is 12.0. The Bertz CT molecular complexity index is 839. The predicted molar refractivity (Wildman–Crippen MR) is 93.7 cm³/mol. The van der Waals surface area contributed by atoms with Crippen LogP contribution in [0.2, 0.25) is 0 Å². The summed E-state index contributed by atoms with van der Waals surface area (Å²) >= 11 is 3.16. The summed E-state index contributed by atoms with van der Waals surface area (Å²) in [7, 11) is 0. The Morgan fingerprint density at radius 2 is 1.96 bits per heavy atom. The Balaban J connectivity index is 1.61. The van der Waals surface area contributed by atoms with Crippen molar-refractivity contribution in [1.82, 2.24) is 5.01 Å². The number of carbonyl (C=O) groups is 2. The fraction of sp³-hybridized carbons (Fsp3) is 0.167.